The molecular weight excluding hydrogens is 316 g/mol. The lowest BCUT2D eigenvalue weighted by Gasteiger charge is -2.15. The second-order valence-corrected chi connectivity index (χ2v) is 6.79. The minimum Gasteiger partial charge on any atom is -0.480 e. The molecule has 0 fully saturated rings. The average Bonchev–Trinajstić information content (AvgIpc) is 2.55. The van der Waals surface area contributed by atoms with Crippen molar-refractivity contribution in [3.05, 3.63) is 59.9 Å². The Balaban J connectivity index is 2.22. The molecule has 2 aromatic rings. The summed E-state index contributed by atoms with van der Waals surface area (Å²) in [6.45, 7) is 1.92. The van der Waals surface area contributed by atoms with Crippen LogP contribution in [0, 0.1) is 0 Å². The first-order valence-electron chi connectivity index (χ1n) is 7.15. The van der Waals surface area contributed by atoms with Crippen LogP contribution in [0.25, 0.3) is 0 Å². The lowest BCUT2D eigenvalue weighted by molar-refractivity contribution is -0.138. The minimum atomic E-state index is -3.90. The van der Waals surface area contributed by atoms with Gasteiger partial charge < -0.3 is 5.11 Å². The first-order valence-corrected chi connectivity index (χ1v) is 8.63. The van der Waals surface area contributed by atoms with Gasteiger partial charge >= 0.3 is 5.97 Å². The molecule has 23 heavy (non-hydrogen) atoms. The highest BCUT2D eigenvalue weighted by molar-refractivity contribution is 7.89. The van der Waals surface area contributed by atoms with Crippen molar-refractivity contribution in [2.24, 2.45) is 0 Å². The Labute approximate surface area is 135 Å². The van der Waals surface area contributed by atoms with Crippen LogP contribution in [0.2, 0.25) is 0 Å². The summed E-state index contributed by atoms with van der Waals surface area (Å²) in [4.78, 5) is 15.3. The topological polar surface area (TPSA) is 96.4 Å². The largest absolute Gasteiger partial charge is 0.480 e. The van der Waals surface area contributed by atoms with E-state index in [0.717, 1.165) is 5.56 Å². The third kappa shape index (κ3) is 4.61. The zero-order chi connectivity index (χ0) is 16.9. The van der Waals surface area contributed by atoms with E-state index >= 15 is 0 Å². The molecule has 7 heteroatoms. The van der Waals surface area contributed by atoms with Crippen LogP contribution in [0.1, 0.15) is 18.1 Å². The van der Waals surface area contributed by atoms with Gasteiger partial charge in [-0.15, -0.1) is 0 Å². The Bertz CT molecular complexity index is 776. The Morgan fingerprint density at radius 2 is 1.91 bits per heavy atom. The van der Waals surface area contributed by atoms with Crippen LogP contribution < -0.4 is 4.72 Å². The van der Waals surface area contributed by atoms with Gasteiger partial charge in [0.2, 0.25) is 10.0 Å². The van der Waals surface area contributed by atoms with Crippen molar-refractivity contribution < 1.29 is 18.3 Å². The molecule has 0 aliphatic rings. The standard InChI is InChI=1S/C16H18N2O4S/c1-2-12-4-3-5-14(10-12)23(21,22)18-15(16(19)20)11-13-6-8-17-9-7-13/h3-10,15,18H,2,11H2,1H3,(H,19,20). The van der Waals surface area contributed by atoms with E-state index in [1.54, 1.807) is 24.3 Å². The first-order chi connectivity index (χ1) is 10.9. The Hall–Kier alpha value is -2.25. The van der Waals surface area contributed by atoms with E-state index in [4.69, 9.17) is 0 Å². The number of aliphatic carboxylic acids is 1. The van der Waals surface area contributed by atoms with Gasteiger partial charge in [-0.1, -0.05) is 19.1 Å². The van der Waals surface area contributed by atoms with Crippen molar-refractivity contribution in [2.45, 2.75) is 30.7 Å². The van der Waals surface area contributed by atoms with Crippen molar-refractivity contribution in [3.63, 3.8) is 0 Å². The van der Waals surface area contributed by atoms with Gasteiger partial charge in [0.25, 0.3) is 0 Å². The number of benzene rings is 1. The van der Waals surface area contributed by atoms with Gasteiger partial charge in [-0.2, -0.15) is 4.72 Å². The number of nitrogens with zero attached hydrogens (tertiary/aromatic N) is 1. The number of aromatic nitrogens is 1. The molecule has 2 N–H and O–H groups in total. The van der Waals surface area contributed by atoms with E-state index in [-0.39, 0.29) is 11.3 Å². The van der Waals surface area contributed by atoms with E-state index in [2.05, 4.69) is 9.71 Å². The SMILES string of the molecule is CCc1cccc(S(=O)(=O)NC(Cc2ccncc2)C(=O)O)c1. The number of hydrogen-bond acceptors (Lipinski definition) is 4. The number of carboxylic acids is 1. The fourth-order valence-corrected chi connectivity index (χ4v) is 3.38. The average molecular weight is 334 g/mol. The van der Waals surface area contributed by atoms with Gasteiger partial charge in [-0.3, -0.25) is 9.78 Å². The number of nitrogens with one attached hydrogen (secondary N) is 1. The molecular formula is C16H18N2O4S. The maximum Gasteiger partial charge on any atom is 0.322 e. The highest BCUT2D eigenvalue weighted by atomic mass is 32.2. The molecule has 0 radical (unpaired) electrons. The molecule has 1 heterocycles. The lowest BCUT2D eigenvalue weighted by atomic mass is 10.1. The molecule has 0 spiro atoms. The molecule has 1 atom stereocenters. The summed E-state index contributed by atoms with van der Waals surface area (Å²) >= 11 is 0. The van der Waals surface area contributed by atoms with E-state index in [1.165, 1.54) is 18.5 Å². The van der Waals surface area contributed by atoms with Crippen molar-refractivity contribution in [2.75, 3.05) is 0 Å². The minimum absolute atomic E-state index is 0.0462. The molecule has 1 aromatic heterocycles. The molecule has 0 aliphatic heterocycles. The third-order valence-corrected chi connectivity index (χ3v) is 4.87. The van der Waals surface area contributed by atoms with Gasteiger partial charge in [0.15, 0.2) is 0 Å². The number of rotatable bonds is 7. The van der Waals surface area contributed by atoms with Crippen LogP contribution >= 0.6 is 0 Å². The number of carbonyl (C=O) groups is 1. The van der Waals surface area contributed by atoms with Crippen LogP contribution in [0.4, 0.5) is 0 Å². The van der Waals surface area contributed by atoms with Gasteiger partial charge in [0, 0.05) is 12.4 Å². The number of pyridine rings is 1. The summed E-state index contributed by atoms with van der Waals surface area (Å²) in [5.41, 5.74) is 1.56. The van der Waals surface area contributed by atoms with Crippen LogP contribution in [-0.4, -0.2) is 30.5 Å². The zero-order valence-electron chi connectivity index (χ0n) is 12.6. The number of hydrogen-bond donors (Lipinski definition) is 2. The van der Waals surface area contributed by atoms with E-state index in [1.807, 2.05) is 13.0 Å². The fourth-order valence-electron chi connectivity index (χ4n) is 2.12. The molecule has 6 nitrogen and oxygen atoms in total. The maximum absolute atomic E-state index is 12.4. The summed E-state index contributed by atoms with van der Waals surface area (Å²) in [5, 5.41) is 9.30. The summed E-state index contributed by atoms with van der Waals surface area (Å²) in [7, 11) is -3.90. The molecule has 0 saturated heterocycles. The second kappa shape index (κ2) is 7.34. The third-order valence-electron chi connectivity index (χ3n) is 3.40. The normalized spacial score (nSPS) is 12.7. The molecule has 122 valence electrons. The Morgan fingerprint density at radius 3 is 2.52 bits per heavy atom. The lowest BCUT2D eigenvalue weighted by Crippen LogP contribution is -2.42. The second-order valence-electron chi connectivity index (χ2n) is 5.07. The fraction of sp³-hybridized carbons (Fsp3) is 0.250. The van der Waals surface area contributed by atoms with E-state index in [9.17, 15) is 18.3 Å². The molecule has 0 amide bonds. The van der Waals surface area contributed by atoms with Crippen LogP contribution in [-0.2, 0) is 27.7 Å². The predicted octanol–water partition coefficient (Wildman–Crippen LogP) is 1.62. The van der Waals surface area contributed by atoms with Crippen molar-refractivity contribution in [3.8, 4) is 0 Å². The number of aryl methyl sites for hydroxylation is 1. The molecule has 0 saturated carbocycles. The molecule has 0 bridgehead atoms. The zero-order valence-corrected chi connectivity index (χ0v) is 13.5. The van der Waals surface area contributed by atoms with Crippen molar-refractivity contribution >= 4 is 16.0 Å². The Kier molecular flexibility index (Phi) is 5.46. The number of sulfonamides is 1. The number of carboxylic acid groups (broad SMARTS) is 1. The predicted molar refractivity (Wildman–Crippen MR) is 85.5 cm³/mol. The van der Waals surface area contributed by atoms with Crippen molar-refractivity contribution in [1.29, 1.82) is 0 Å². The summed E-state index contributed by atoms with van der Waals surface area (Å²) in [6.07, 6.45) is 3.81. The van der Waals surface area contributed by atoms with Crippen molar-refractivity contribution in [1.82, 2.24) is 9.71 Å². The highest BCUT2D eigenvalue weighted by Crippen LogP contribution is 2.13. The summed E-state index contributed by atoms with van der Waals surface area (Å²) in [6, 6.07) is 8.54. The van der Waals surface area contributed by atoms with Gasteiger partial charge in [-0.05, 0) is 48.2 Å². The quantitative estimate of drug-likeness (QED) is 0.802. The maximum atomic E-state index is 12.4. The van der Waals surface area contributed by atoms with Crippen LogP contribution in [0.15, 0.2) is 53.7 Å². The molecule has 0 aliphatic carbocycles. The first kappa shape index (κ1) is 17.1. The monoisotopic (exact) mass is 334 g/mol. The smallest absolute Gasteiger partial charge is 0.322 e. The highest BCUT2D eigenvalue weighted by Gasteiger charge is 2.25. The molecule has 1 unspecified atom stereocenters. The van der Waals surface area contributed by atoms with Crippen LogP contribution in [0.5, 0.6) is 0 Å². The summed E-state index contributed by atoms with van der Waals surface area (Å²) in [5.74, 6) is -1.22. The summed E-state index contributed by atoms with van der Waals surface area (Å²) < 4.78 is 27.1. The Morgan fingerprint density at radius 1 is 1.22 bits per heavy atom. The molecule has 1 aromatic carbocycles. The van der Waals surface area contributed by atoms with E-state index < -0.39 is 22.0 Å². The molecule has 2 rings (SSSR count). The van der Waals surface area contributed by atoms with Gasteiger partial charge in [-0.25, -0.2) is 8.42 Å². The van der Waals surface area contributed by atoms with Gasteiger partial charge in [0.1, 0.15) is 6.04 Å². The van der Waals surface area contributed by atoms with Crippen LogP contribution in [0.3, 0.4) is 0 Å². The van der Waals surface area contributed by atoms with Gasteiger partial charge in [0.05, 0.1) is 4.90 Å². The van der Waals surface area contributed by atoms with E-state index in [0.29, 0.717) is 12.0 Å².